The highest BCUT2D eigenvalue weighted by Crippen LogP contribution is 2.33. The number of nitrogens with one attached hydrogen (secondary N) is 1. The van der Waals surface area contributed by atoms with Gasteiger partial charge in [0.15, 0.2) is 0 Å². The zero-order valence-electron chi connectivity index (χ0n) is 12.7. The minimum atomic E-state index is -0.972. The van der Waals surface area contributed by atoms with Crippen molar-refractivity contribution in [2.75, 3.05) is 47.5 Å². The van der Waals surface area contributed by atoms with E-state index in [1.807, 2.05) is 17.8 Å². The Labute approximate surface area is 138 Å². The molecule has 4 rings (SSSR count). The molecule has 0 saturated carbocycles. The van der Waals surface area contributed by atoms with Crippen LogP contribution in [0.3, 0.4) is 0 Å². The first-order valence-corrected chi connectivity index (χ1v) is 8.88. The molecule has 0 amide bonds. The van der Waals surface area contributed by atoms with E-state index in [1.165, 1.54) is 0 Å². The lowest BCUT2D eigenvalue weighted by Gasteiger charge is -2.28. The second-order valence-corrected chi connectivity index (χ2v) is 7.12. The Morgan fingerprint density at radius 3 is 2.65 bits per heavy atom. The summed E-state index contributed by atoms with van der Waals surface area (Å²) in [5.41, 5.74) is -0.387. The van der Waals surface area contributed by atoms with Crippen molar-refractivity contribution in [3.05, 3.63) is 24.3 Å². The van der Waals surface area contributed by atoms with Gasteiger partial charge in [-0.15, -0.1) is 0 Å². The van der Waals surface area contributed by atoms with Crippen LogP contribution < -0.4 is 9.80 Å². The van der Waals surface area contributed by atoms with E-state index in [9.17, 15) is 5.11 Å². The highest BCUT2D eigenvalue weighted by molar-refractivity contribution is 7.99. The normalized spacial score (nSPS) is 25.1. The standard InChI is InChI=1S/C14H19N7OS/c22-14(11-8-17-19-18-11)1-2-21(9-14)13-7-12(15-10-16-13)20-3-5-23-6-4-20/h7-8,10,22H,1-6,9H2,(H,17,18,19)/t14-/m1/s1. The first-order valence-electron chi connectivity index (χ1n) is 7.73. The molecule has 2 aliphatic rings. The van der Waals surface area contributed by atoms with Gasteiger partial charge >= 0.3 is 0 Å². The molecule has 0 bridgehead atoms. The van der Waals surface area contributed by atoms with Gasteiger partial charge in [-0.05, 0) is 0 Å². The Kier molecular flexibility index (Phi) is 3.82. The van der Waals surface area contributed by atoms with Crippen molar-refractivity contribution in [3.63, 3.8) is 0 Å². The van der Waals surface area contributed by atoms with Crippen LogP contribution in [0.2, 0.25) is 0 Å². The molecular formula is C14H19N7OS. The third-order valence-corrected chi connectivity index (χ3v) is 5.38. The number of nitrogens with zero attached hydrogens (tertiary/aromatic N) is 6. The van der Waals surface area contributed by atoms with Gasteiger partial charge < -0.3 is 14.9 Å². The average Bonchev–Trinajstić information content (AvgIpc) is 3.27. The van der Waals surface area contributed by atoms with E-state index in [-0.39, 0.29) is 0 Å². The fourth-order valence-corrected chi connectivity index (χ4v) is 4.00. The highest BCUT2D eigenvalue weighted by atomic mass is 32.2. The molecule has 0 aromatic carbocycles. The van der Waals surface area contributed by atoms with Crippen molar-refractivity contribution < 1.29 is 5.11 Å². The smallest absolute Gasteiger partial charge is 0.134 e. The van der Waals surface area contributed by atoms with Gasteiger partial charge in [0.2, 0.25) is 0 Å². The summed E-state index contributed by atoms with van der Waals surface area (Å²) >= 11 is 1.98. The monoisotopic (exact) mass is 333 g/mol. The van der Waals surface area contributed by atoms with Gasteiger partial charge in [-0.3, -0.25) is 0 Å². The number of anilines is 2. The van der Waals surface area contributed by atoms with Gasteiger partial charge in [-0.25, -0.2) is 9.97 Å². The number of thioether (sulfide) groups is 1. The van der Waals surface area contributed by atoms with E-state index < -0.39 is 5.60 Å². The zero-order valence-corrected chi connectivity index (χ0v) is 13.5. The van der Waals surface area contributed by atoms with Gasteiger partial charge in [0.1, 0.15) is 29.3 Å². The maximum atomic E-state index is 10.8. The molecule has 2 N–H and O–H groups in total. The van der Waals surface area contributed by atoms with Crippen molar-refractivity contribution in [2.24, 2.45) is 0 Å². The molecule has 0 aliphatic carbocycles. The SMILES string of the molecule is O[C@]1(c2cn[nH]n2)CCN(c2cc(N3CCSCC3)ncn2)C1. The molecule has 9 heteroatoms. The van der Waals surface area contributed by atoms with Gasteiger partial charge in [-0.1, -0.05) is 0 Å². The molecule has 0 spiro atoms. The van der Waals surface area contributed by atoms with Gasteiger partial charge in [0.25, 0.3) is 0 Å². The lowest BCUT2D eigenvalue weighted by Crippen LogP contribution is -2.34. The van der Waals surface area contributed by atoms with Crippen LogP contribution in [0.4, 0.5) is 11.6 Å². The summed E-state index contributed by atoms with van der Waals surface area (Å²) in [7, 11) is 0. The third-order valence-electron chi connectivity index (χ3n) is 4.44. The summed E-state index contributed by atoms with van der Waals surface area (Å²) in [5.74, 6) is 4.09. The van der Waals surface area contributed by atoms with Crippen LogP contribution >= 0.6 is 11.8 Å². The number of aliphatic hydroxyl groups is 1. The first-order chi connectivity index (χ1) is 11.2. The molecule has 2 aliphatic heterocycles. The van der Waals surface area contributed by atoms with Crippen LogP contribution in [0, 0.1) is 0 Å². The molecule has 1 atom stereocenters. The number of rotatable bonds is 3. The largest absolute Gasteiger partial charge is 0.381 e. The molecule has 23 heavy (non-hydrogen) atoms. The highest BCUT2D eigenvalue weighted by Gasteiger charge is 2.40. The first kappa shape index (κ1) is 14.7. The maximum Gasteiger partial charge on any atom is 0.134 e. The van der Waals surface area contributed by atoms with E-state index in [2.05, 4.69) is 35.2 Å². The molecule has 2 fully saturated rings. The minimum absolute atomic E-state index is 0.464. The molecule has 8 nitrogen and oxygen atoms in total. The van der Waals surface area contributed by atoms with E-state index >= 15 is 0 Å². The van der Waals surface area contributed by atoms with Crippen molar-refractivity contribution >= 4 is 23.4 Å². The lowest BCUT2D eigenvalue weighted by molar-refractivity contribution is 0.0559. The molecule has 4 heterocycles. The Morgan fingerprint density at radius 1 is 1.13 bits per heavy atom. The second-order valence-electron chi connectivity index (χ2n) is 5.89. The number of aromatic nitrogens is 5. The zero-order chi connectivity index (χ0) is 15.7. The maximum absolute atomic E-state index is 10.8. The molecule has 0 unspecified atom stereocenters. The van der Waals surface area contributed by atoms with Crippen LogP contribution in [0.5, 0.6) is 0 Å². The molecular weight excluding hydrogens is 314 g/mol. The molecule has 0 radical (unpaired) electrons. The number of hydrogen-bond acceptors (Lipinski definition) is 8. The van der Waals surface area contributed by atoms with Crippen LogP contribution in [0.25, 0.3) is 0 Å². The average molecular weight is 333 g/mol. The summed E-state index contributed by atoms with van der Waals surface area (Å²) < 4.78 is 0. The summed E-state index contributed by atoms with van der Waals surface area (Å²) in [6.45, 7) is 3.23. The summed E-state index contributed by atoms with van der Waals surface area (Å²) in [4.78, 5) is 13.2. The number of H-pyrrole nitrogens is 1. The quantitative estimate of drug-likeness (QED) is 0.825. The van der Waals surface area contributed by atoms with Gasteiger partial charge in [0.05, 0.1) is 12.7 Å². The summed E-state index contributed by atoms with van der Waals surface area (Å²) in [6, 6.07) is 2.02. The van der Waals surface area contributed by atoms with E-state index in [0.29, 0.717) is 18.7 Å². The topological polar surface area (TPSA) is 94.1 Å². The van der Waals surface area contributed by atoms with E-state index in [1.54, 1.807) is 12.5 Å². The molecule has 2 aromatic heterocycles. The molecule has 2 aromatic rings. The third kappa shape index (κ3) is 2.86. The summed E-state index contributed by atoms with van der Waals surface area (Å²) in [6.07, 6.45) is 3.80. The van der Waals surface area contributed by atoms with E-state index in [4.69, 9.17) is 0 Å². The summed E-state index contributed by atoms with van der Waals surface area (Å²) in [5, 5.41) is 21.2. The lowest BCUT2D eigenvalue weighted by atomic mass is 10.0. The van der Waals surface area contributed by atoms with Crippen molar-refractivity contribution in [1.82, 2.24) is 25.4 Å². The number of aromatic amines is 1. The van der Waals surface area contributed by atoms with Crippen molar-refractivity contribution in [2.45, 2.75) is 12.0 Å². The van der Waals surface area contributed by atoms with Crippen LogP contribution in [-0.2, 0) is 5.60 Å². The Hall–Kier alpha value is -1.87. The predicted molar refractivity (Wildman–Crippen MR) is 88.7 cm³/mol. The van der Waals surface area contributed by atoms with Crippen LogP contribution in [0.1, 0.15) is 12.1 Å². The fraction of sp³-hybridized carbons (Fsp3) is 0.571. The molecule has 2 saturated heterocycles. The van der Waals surface area contributed by atoms with Crippen LogP contribution in [0.15, 0.2) is 18.6 Å². The van der Waals surface area contributed by atoms with Crippen molar-refractivity contribution in [3.8, 4) is 0 Å². The van der Waals surface area contributed by atoms with E-state index in [0.717, 1.165) is 42.8 Å². The fourth-order valence-electron chi connectivity index (χ4n) is 3.10. The Morgan fingerprint density at radius 2 is 1.91 bits per heavy atom. The van der Waals surface area contributed by atoms with Gasteiger partial charge in [-0.2, -0.15) is 27.2 Å². The second kappa shape index (κ2) is 5.97. The number of hydrogen-bond donors (Lipinski definition) is 2. The van der Waals surface area contributed by atoms with Crippen LogP contribution in [-0.4, -0.2) is 68.2 Å². The minimum Gasteiger partial charge on any atom is -0.381 e. The number of β-amino-alcohol motifs (C(OH)–C–C–N with tert-alkyl or cyclic N) is 1. The Balaban J connectivity index is 1.52. The van der Waals surface area contributed by atoms with Gasteiger partial charge in [0, 0.05) is 43.6 Å². The predicted octanol–water partition coefficient (Wildman–Crippen LogP) is 0.246. The van der Waals surface area contributed by atoms with Crippen molar-refractivity contribution in [1.29, 1.82) is 0 Å². The Bertz CT molecular complexity index is 661. The molecule has 122 valence electrons.